The van der Waals surface area contributed by atoms with Crippen molar-refractivity contribution in [3.05, 3.63) is 42.2 Å². The van der Waals surface area contributed by atoms with Crippen LogP contribution in [0.4, 0.5) is 5.82 Å². The number of nitrogens with zero attached hydrogens (tertiary/aromatic N) is 3. The quantitative estimate of drug-likeness (QED) is 0.432. The Kier molecular flexibility index (Phi) is 4.25. The maximum Gasteiger partial charge on any atom is 0.245 e. The molecule has 0 spiro atoms. The van der Waals surface area contributed by atoms with E-state index in [4.69, 9.17) is 5.11 Å². The Balaban J connectivity index is 1.71. The molecule has 0 fully saturated rings. The van der Waals surface area contributed by atoms with Gasteiger partial charge in [-0.05, 0) is 17.2 Å². The Morgan fingerprint density at radius 2 is 2.07 bits per heavy atom. The van der Waals surface area contributed by atoms with Gasteiger partial charge in [0.1, 0.15) is 17.8 Å². The van der Waals surface area contributed by atoms with Crippen molar-refractivity contribution in [3.63, 3.8) is 0 Å². The summed E-state index contributed by atoms with van der Waals surface area (Å²) in [5, 5.41) is 15.5. The first-order valence-corrected chi connectivity index (χ1v) is 8.59. The van der Waals surface area contributed by atoms with Gasteiger partial charge in [-0.3, -0.25) is 4.79 Å². The molecule has 4 aromatic rings. The van der Waals surface area contributed by atoms with Gasteiger partial charge in [0, 0.05) is 31.7 Å². The van der Waals surface area contributed by atoms with Crippen LogP contribution < -0.4 is 10.6 Å². The maximum atomic E-state index is 11.2. The summed E-state index contributed by atoms with van der Waals surface area (Å²) in [6.45, 7) is -0.119. The number of benzene rings is 1. The fourth-order valence-corrected chi connectivity index (χ4v) is 3.19. The molecule has 8 nitrogen and oxygen atoms in total. The summed E-state index contributed by atoms with van der Waals surface area (Å²) in [5.74, 6) is 0.350. The highest BCUT2D eigenvalue weighted by Gasteiger charge is 2.15. The third kappa shape index (κ3) is 3.00. The number of fused-ring (bicyclic) bond motifs is 3. The first kappa shape index (κ1) is 17.0. The van der Waals surface area contributed by atoms with Crippen molar-refractivity contribution in [1.29, 1.82) is 0 Å². The van der Waals surface area contributed by atoms with E-state index in [0.29, 0.717) is 6.54 Å². The average Bonchev–Trinajstić information content (AvgIpc) is 3.29. The lowest BCUT2D eigenvalue weighted by molar-refractivity contribution is -0.123. The molecular formula is C19H20N6O2. The van der Waals surface area contributed by atoms with Crippen molar-refractivity contribution in [2.75, 3.05) is 19.0 Å². The topological polar surface area (TPSA) is 108 Å². The van der Waals surface area contributed by atoms with Gasteiger partial charge in [-0.1, -0.05) is 24.3 Å². The summed E-state index contributed by atoms with van der Waals surface area (Å²) in [4.78, 5) is 23.6. The Labute approximate surface area is 155 Å². The number of pyridine rings is 1. The number of aryl methyl sites for hydroxylation is 1. The highest BCUT2D eigenvalue weighted by molar-refractivity contribution is 6.07. The number of carbonyl (C=O) groups is 1. The van der Waals surface area contributed by atoms with Crippen LogP contribution in [0.5, 0.6) is 0 Å². The van der Waals surface area contributed by atoms with Crippen molar-refractivity contribution in [2.24, 2.45) is 7.05 Å². The maximum absolute atomic E-state index is 11.2. The predicted octanol–water partition coefficient (Wildman–Crippen LogP) is 1.77. The van der Waals surface area contributed by atoms with Gasteiger partial charge in [0.25, 0.3) is 0 Å². The van der Waals surface area contributed by atoms with E-state index in [1.807, 2.05) is 42.9 Å². The zero-order valence-electron chi connectivity index (χ0n) is 15.1. The van der Waals surface area contributed by atoms with Crippen molar-refractivity contribution in [2.45, 2.75) is 6.54 Å². The highest BCUT2D eigenvalue weighted by atomic mass is 16.3. The van der Waals surface area contributed by atoms with E-state index in [0.717, 1.165) is 44.7 Å². The number of nitrogens with one attached hydrogen (secondary N) is 3. The Morgan fingerprint density at radius 3 is 2.78 bits per heavy atom. The third-order valence-corrected chi connectivity index (χ3v) is 4.57. The molecule has 0 unspecified atom stereocenters. The number of aromatic amines is 1. The molecule has 138 valence electrons. The van der Waals surface area contributed by atoms with Gasteiger partial charge in [0.2, 0.25) is 5.91 Å². The zero-order valence-corrected chi connectivity index (χ0v) is 15.1. The van der Waals surface area contributed by atoms with Crippen LogP contribution >= 0.6 is 0 Å². The van der Waals surface area contributed by atoms with E-state index in [1.54, 1.807) is 6.33 Å². The molecule has 3 heterocycles. The summed E-state index contributed by atoms with van der Waals surface area (Å²) < 4.78 is 1.99. The molecule has 0 aliphatic carbocycles. The monoisotopic (exact) mass is 364 g/mol. The third-order valence-electron chi connectivity index (χ3n) is 4.57. The Bertz CT molecular complexity index is 1130. The summed E-state index contributed by atoms with van der Waals surface area (Å²) in [7, 11) is 3.80. The number of amides is 1. The lowest BCUT2D eigenvalue weighted by Gasteiger charge is -2.04. The standard InChI is InChI=1S/C19H20N6O2/c1-20-19-16-17(25(2)10-22-16)13-7-14(23-18(13)24-19)12-5-3-11(4-6-12)8-21-15(27)9-26/h3-7,10,26H,8-9H2,1-2H3,(H,21,27)(H2,20,23,24). The molecule has 0 saturated heterocycles. The second-order valence-corrected chi connectivity index (χ2v) is 6.34. The summed E-state index contributed by atoms with van der Waals surface area (Å²) in [6.07, 6.45) is 1.79. The van der Waals surface area contributed by atoms with Gasteiger partial charge in [-0.2, -0.15) is 0 Å². The number of imidazole rings is 1. The van der Waals surface area contributed by atoms with Crippen LogP contribution in [0.1, 0.15) is 5.56 Å². The number of anilines is 1. The number of carbonyl (C=O) groups excluding carboxylic acids is 1. The number of aliphatic hydroxyl groups is 1. The van der Waals surface area contributed by atoms with Crippen LogP contribution in [-0.4, -0.2) is 44.2 Å². The Hall–Kier alpha value is -3.39. The number of hydrogen-bond acceptors (Lipinski definition) is 5. The van der Waals surface area contributed by atoms with Crippen LogP contribution in [0.3, 0.4) is 0 Å². The zero-order chi connectivity index (χ0) is 19.0. The van der Waals surface area contributed by atoms with E-state index >= 15 is 0 Å². The van der Waals surface area contributed by atoms with Gasteiger partial charge >= 0.3 is 0 Å². The molecule has 0 saturated carbocycles. The van der Waals surface area contributed by atoms with Crippen LogP contribution in [0.15, 0.2) is 36.7 Å². The van der Waals surface area contributed by atoms with Crippen LogP contribution in [0.25, 0.3) is 33.3 Å². The highest BCUT2D eigenvalue weighted by Crippen LogP contribution is 2.31. The van der Waals surface area contributed by atoms with Gasteiger partial charge in [0.05, 0.1) is 11.8 Å². The van der Waals surface area contributed by atoms with Crippen molar-refractivity contribution >= 4 is 33.8 Å². The number of aromatic nitrogens is 4. The van der Waals surface area contributed by atoms with Crippen LogP contribution in [0, 0.1) is 0 Å². The summed E-state index contributed by atoms with van der Waals surface area (Å²) >= 11 is 0. The fourth-order valence-electron chi connectivity index (χ4n) is 3.19. The molecule has 8 heteroatoms. The van der Waals surface area contributed by atoms with Gasteiger partial charge < -0.3 is 25.3 Å². The Morgan fingerprint density at radius 1 is 1.30 bits per heavy atom. The molecule has 27 heavy (non-hydrogen) atoms. The minimum absolute atomic E-state index is 0.384. The van der Waals surface area contributed by atoms with Crippen molar-refractivity contribution < 1.29 is 9.90 Å². The first-order valence-electron chi connectivity index (χ1n) is 8.59. The first-order chi connectivity index (χ1) is 13.1. The smallest absolute Gasteiger partial charge is 0.245 e. The number of H-pyrrole nitrogens is 1. The van der Waals surface area contributed by atoms with Crippen LogP contribution in [0.2, 0.25) is 0 Å². The minimum Gasteiger partial charge on any atom is -0.387 e. The lowest BCUT2D eigenvalue weighted by atomic mass is 10.1. The van der Waals surface area contributed by atoms with E-state index in [1.165, 1.54) is 0 Å². The molecular weight excluding hydrogens is 344 g/mol. The molecule has 1 amide bonds. The number of aliphatic hydroxyl groups excluding tert-OH is 1. The molecule has 4 N–H and O–H groups in total. The SMILES string of the molecule is CNc1nc2[nH]c(-c3ccc(CNC(=O)CO)cc3)cc2c2c1ncn2C. The average molecular weight is 364 g/mol. The lowest BCUT2D eigenvalue weighted by Crippen LogP contribution is -2.25. The molecule has 1 aromatic carbocycles. The van der Waals surface area contributed by atoms with E-state index in [9.17, 15) is 4.79 Å². The second-order valence-electron chi connectivity index (χ2n) is 6.34. The second kappa shape index (κ2) is 6.73. The fraction of sp³-hybridized carbons (Fsp3) is 0.211. The minimum atomic E-state index is -0.503. The normalized spacial score (nSPS) is 11.2. The molecule has 0 radical (unpaired) electrons. The molecule has 0 aliphatic rings. The van der Waals surface area contributed by atoms with Crippen molar-refractivity contribution in [1.82, 2.24) is 24.8 Å². The molecule has 0 bridgehead atoms. The predicted molar refractivity (Wildman–Crippen MR) is 104 cm³/mol. The van der Waals surface area contributed by atoms with E-state index < -0.39 is 6.61 Å². The van der Waals surface area contributed by atoms with Gasteiger partial charge in [-0.15, -0.1) is 0 Å². The molecule has 0 atom stereocenters. The van der Waals surface area contributed by atoms with Gasteiger partial charge in [-0.25, -0.2) is 9.97 Å². The molecule has 4 rings (SSSR count). The van der Waals surface area contributed by atoms with E-state index in [-0.39, 0.29) is 5.91 Å². The van der Waals surface area contributed by atoms with Gasteiger partial charge in [0.15, 0.2) is 5.82 Å². The van der Waals surface area contributed by atoms with Crippen LogP contribution in [-0.2, 0) is 18.4 Å². The van der Waals surface area contributed by atoms with Crippen molar-refractivity contribution in [3.8, 4) is 11.3 Å². The summed E-state index contributed by atoms with van der Waals surface area (Å²) in [6, 6.07) is 9.96. The largest absolute Gasteiger partial charge is 0.387 e. The number of rotatable bonds is 5. The summed E-state index contributed by atoms with van der Waals surface area (Å²) in [5.41, 5.74) is 5.60. The molecule has 3 aromatic heterocycles. The molecule has 0 aliphatic heterocycles. The number of hydrogen-bond donors (Lipinski definition) is 4. The van der Waals surface area contributed by atoms with E-state index in [2.05, 4.69) is 31.7 Å².